The smallest absolute Gasteiger partial charge is 0.231 e. The molecule has 1 aliphatic heterocycles. The Hall–Kier alpha value is -1.72. The Morgan fingerprint density at radius 1 is 1.32 bits per heavy atom. The second-order valence-electron chi connectivity index (χ2n) is 4.21. The van der Waals surface area contributed by atoms with Crippen LogP contribution in [-0.4, -0.2) is 16.2 Å². The summed E-state index contributed by atoms with van der Waals surface area (Å²) in [6, 6.07) is 5.94. The zero-order chi connectivity index (χ0) is 12.8. The molecule has 19 heavy (non-hydrogen) atoms. The topological polar surface area (TPSA) is 35.8 Å². The van der Waals surface area contributed by atoms with Crippen LogP contribution in [0.15, 0.2) is 29.8 Å². The van der Waals surface area contributed by atoms with Gasteiger partial charge in [0.05, 0.1) is 17.3 Å². The first-order valence-corrected chi connectivity index (χ1v) is 7.18. The Balaban J connectivity index is 1.87. The van der Waals surface area contributed by atoms with Gasteiger partial charge in [0.25, 0.3) is 0 Å². The van der Waals surface area contributed by atoms with Crippen molar-refractivity contribution in [3.05, 3.63) is 35.5 Å². The molecule has 0 spiro atoms. The number of imidazole rings is 1. The highest BCUT2D eigenvalue weighted by Gasteiger charge is 2.16. The van der Waals surface area contributed by atoms with Crippen molar-refractivity contribution in [2.75, 3.05) is 6.79 Å². The summed E-state index contributed by atoms with van der Waals surface area (Å²) in [5.41, 5.74) is 3.05. The summed E-state index contributed by atoms with van der Waals surface area (Å²) in [5.74, 6) is 2.01. The first-order valence-electron chi connectivity index (χ1n) is 5.76. The Kier molecular flexibility index (Phi) is 2.43. The van der Waals surface area contributed by atoms with Crippen molar-refractivity contribution in [1.29, 1.82) is 0 Å². The molecule has 6 heteroatoms. The van der Waals surface area contributed by atoms with Crippen LogP contribution in [0, 0.1) is 0 Å². The van der Waals surface area contributed by atoms with Crippen molar-refractivity contribution in [2.24, 2.45) is 0 Å². The molecule has 3 aromatic rings. The van der Waals surface area contributed by atoms with Gasteiger partial charge in [0, 0.05) is 17.1 Å². The van der Waals surface area contributed by atoms with E-state index in [1.165, 1.54) is 0 Å². The van der Waals surface area contributed by atoms with Crippen LogP contribution in [0.25, 0.3) is 16.2 Å². The van der Waals surface area contributed by atoms with E-state index >= 15 is 0 Å². The Labute approximate surface area is 118 Å². The van der Waals surface area contributed by atoms with Crippen molar-refractivity contribution >= 4 is 27.9 Å². The highest BCUT2D eigenvalue weighted by Crippen LogP contribution is 2.37. The molecule has 1 aliphatic rings. The van der Waals surface area contributed by atoms with Gasteiger partial charge >= 0.3 is 0 Å². The lowest BCUT2D eigenvalue weighted by Crippen LogP contribution is -1.92. The average Bonchev–Trinajstić information content (AvgIpc) is 3.12. The number of benzene rings is 1. The van der Waals surface area contributed by atoms with Gasteiger partial charge in [-0.25, -0.2) is 4.98 Å². The summed E-state index contributed by atoms with van der Waals surface area (Å²) >= 11 is 7.42. The molecule has 0 atom stereocenters. The molecule has 1 aromatic carbocycles. The molecule has 0 fully saturated rings. The maximum Gasteiger partial charge on any atom is 0.231 e. The van der Waals surface area contributed by atoms with Crippen LogP contribution < -0.4 is 9.47 Å². The molecular weight excluding hydrogens is 284 g/mol. The summed E-state index contributed by atoms with van der Waals surface area (Å²) in [5, 5.41) is 2.08. The Morgan fingerprint density at radius 3 is 3.11 bits per heavy atom. The minimum absolute atomic E-state index is 0.291. The number of nitrogens with zero attached hydrogens (tertiary/aromatic N) is 2. The molecule has 0 N–H and O–H groups in total. The predicted molar refractivity (Wildman–Crippen MR) is 74.2 cm³/mol. The molecule has 0 saturated heterocycles. The van der Waals surface area contributed by atoms with Crippen molar-refractivity contribution < 1.29 is 9.47 Å². The van der Waals surface area contributed by atoms with E-state index in [1.54, 1.807) is 11.3 Å². The normalized spacial score (nSPS) is 13.3. The fourth-order valence-electron chi connectivity index (χ4n) is 2.16. The monoisotopic (exact) mass is 292 g/mol. The molecule has 0 saturated carbocycles. The number of ether oxygens (including phenoxy) is 2. The van der Waals surface area contributed by atoms with E-state index in [2.05, 4.69) is 14.8 Å². The van der Waals surface area contributed by atoms with Gasteiger partial charge in [-0.2, -0.15) is 0 Å². The molecule has 96 valence electrons. The van der Waals surface area contributed by atoms with Crippen LogP contribution >= 0.6 is 22.9 Å². The van der Waals surface area contributed by atoms with Gasteiger partial charge in [-0.3, -0.25) is 4.40 Å². The van der Waals surface area contributed by atoms with Gasteiger partial charge in [-0.15, -0.1) is 22.9 Å². The molecule has 0 amide bonds. The number of hydrogen-bond acceptors (Lipinski definition) is 4. The molecule has 0 unspecified atom stereocenters. The molecule has 4 nitrogen and oxygen atoms in total. The van der Waals surface area contributed by atoms with Gasteiger partial charge in [0.1, 0.15) is 0 Å². The SMILES string of the molecule is ClCc1cn2c(-c3ccc4c(c3)OCO4)csc2n1. The number of hydrogen-bond donors (Lipinski definition) is 0. The van der Waals surface area contributed by atoms with Crippen LogP contribution in [0.4, 0.5) is 0 Å². The van der Waals surface area contributed by atoms with Crippen molar-refractivity contribution in [2.45, 2.75) is 5.88 Å². The Morgan fingerprint density at radius 2 is 2.21 bits per heavy atom. The number of alkyl halides is 1. The summed E-state index contributed by atoms with van der Waals surface area (Å²) in [7, 11) is 0. The van der Waals surface area contributed by atoms with Gasteiger partial charge in [0.2, 0.25) is 6.79 Å². The van der Waals surface area contributed by atoms with Gasteiger partial charge in [-0.05, 0) is 18.2 Å². The lowest BCUT2D eigenvalue weighted by molar-refractivity contribution is 0.174. The van der Waals surface area contributed by atoms with Crippen molar-refractivity contribution in [3.63, 3.8) is 0 Å². The van der Waals surface area contributed by atoms with Gasteiger partial charge in [0.15, 0.2) is 16.5 Å². The summed E-state index contributed by atoms with van der Waals surface area (Å²) in [6.45, 7) is 0.291. The molecule has 0 bridgehead atoms. The van der Waals surface area contributed by atoms with E-state index < -0.39 is 0 Å². The van der Waals surface area contributed by atoms with E-state index in [9.17, 15) is 0 Å². The van der Waals surface area contributed by atoms with Crippen LogP contribution in [-0.2, 0) is 5.88 Å². The highest BCUT2D eigenvalue weighted by molar-refractivity contribution is 7.15. The van der Waals surface area contributed by atoms with E-state index in [-0.39, 0.29) is 0 Å². The second kappa shape index (κ2) is 4.15. The first-order chi connectivity index (χ1) is 9.35. The van der Waals surface area contributed by atoms with Crippen LogP contribution in [0.3, 0.4) is 0 Å². The predicted octanol–water partition coefficient (Wildman–Crippen LogP) is 3.53. The minimum Gasteiger partial charge on any atom is -0.454 e. The maximum atomic E-state index is 5.82. The quantitative estimate of drug-likeness (QED) is 0.678. The summed E-state index contributed by atoms with van der Waals surface area (Å²) in [6.07, 6.45) is 1.97. The molecule has 3 heterocycles. The standard InChI is InChI=1S/C13H9ClN2O2S/c14-4-9-5-16-10(6-19-13(16)15-9)8-1-2-11-12(3-8)18-7-17-11/h1-3,5-6H,4,7H2. The lowest BCUT2D eigenvalue weighted by atomic mass is 10.1. The maximum absolute atomic E-state index is 5.82. The highest BCUT2D eigenvalue weighted by atomic mass is 35.5. The van der Waals surface area contributed by atoms with Gasteiger partial charge in [-0.1, -0.05) is 0 Å². The number of aromatic nitrogens is 2. The van der Waals surface area contributed by atoms with E-state index in [0.29, 0.717) is 12.7 Å². The third kappa shape index (κ3) is 1.69. The largest absolute Gasteiger partial charge is 0.454 e. The summed E-state index contributed by atoms with van der Waals surface area (Å²) in [4.78, 5) is 5.39. The zero-order valence-corrected chi connectivity index (χ0v) is 11.4. The van der Waals surface area contributed by atoms with E-state index in [0.717, 1.165) is 33.4 Å². The molecule has 4 rings (SSSR count). The molecule has 0 aliphatic carbocycles. The third-order valence-electron chi connectivity index (χ3n) is 3.06. The molecule has 0 radical (unpaired) electrons. The number of halogens is 1. The number of fused-ring (bicyclic) bond motifs is 2. The van der Waals surface area contributed by atoms with Crippen LogP contribution in [0.1, 0.15) is 5.69 Å². The first kappa shape index (κ1) is 11.1. The Bertz CT molecular complexity index is 765. The van der Waals surface area contributed by atoms with Gasteiger partial charge < -0.3 is 9.47 Å². The summed E-state index contributed by atoms with van der Waals surface area (Å²) < 4.78 is 12.8. The van der Waals surface area contributed by atoms with Crippen molar-refractivity contribution in [3.8, 4) is 22.8 Å². The zero-order valence-electron chi connectivity index (χ0n) is 9.80. The lowest BCUT2D eigenvalue weighted by Gasteiger charge is -2.01. The fourth-order valence-corrected chi connectivity index (χ4v) is 3.19. The van der Waals surface area contributed by atoms with Crippen LogP contribution in [0.5, 0.6) is 11.5 Å². The number of rotatable bonds is 2. The van der Waals surface area contributed by atoms with E-state index in [4.69, 9.17) is 21.1 Å². The number of thiazole rings is 1. The third-order valence-corrected chi connectivity index (χ3v) is 4.18. The fraction of sp³-hybridized carbons (Fsp3) is 0.154. The average molecular weight is 293 g/mol. The second-order valence-corrected chi connectivity index (χ2v) is 5.31. The molecule has 2 aromatic heterocycles. The minimum atomic E-state index is 0.291. The van der Waals surface area contributed by atoms with Crippen LogP contribution in [0.2, 0.25) is 0 Å². The molecular formula is C13H9ClN2O2S. The van der Waals surface area contributed by atoms with E-state index in [1.807, 2.05) is 24.4 Å². The van der Waals surface area contributed by atoms with Crippen molar-refractivity contribution in [1.82, 2.24) is 9.38 Å².